The van der Waals surface area contributed by atoms with Crippen LogP contribution < -0.4 is 4.74 Å². The first-order valence-corrected chi connectivity index (χ1v) is 5.26. The third-order valence-electron chi connectivity index (χ3n) is 1.80. The van der Waals surface area contributed by atoms with Gasteiger partial charge in [-0.15, -0.1) is 0 Å². The van der Waals surface area contributed by atoms with Crippen molar-refractivity contribution in [3.8, 4) is 5.75 Å². The molecule has 4 nitrogen and oxygen atoms in total. The fourth-order valence-electron chi connectivity index (χ4n) is 1.25. The molecule has 0 unspecified atom stereocenters. The SMILES string of the molecule is COc1c(CC(=O)O)cc(I)nc1C(F)F. The zero-order valence-corrected chi connectivity index (χ0v) is 10.4. The lowest BCUT2D eigenvalue weighted by Crippen LogP contribution is -2.07. The average Bonchev–Trinajstić information content (AvgIpc) is 2.15. The Balaban J connectivity index is 3.29. The lowest BCUT2D eigenvalue weighted by atomic mass is 10.1. The number of hydrogen-bond donors (Lipinski definition) is 1. The van der Waals surface area contributed by atoms with Gasteiger partial charge in [-0.3, -0.25) is 4.79 Å². The lowest BCUT2D eigenvalue weighted by Gasteiger charge is -2.11. The average molecular weight is 343 g/mol. The second-order valence-corrected chi connectivity index (χ2v) is 4.00. The first-order chi connectivity index (χ1) is 7.45. The molecule has 0 fully saturated rings. The molecule has 88 valence electrons. The standard InChI is InChI=1S/C9H8F2INO3/c1-16-8-4(3-6(14)15)2-5(12)13-7(8)9(10)11/h2,9H,3H2,1H3,(H,14,15). The van der Waals surface area contributed by atoms with Gasteiger partial charge in [-0.2, -0.15) is 0 Å². The van der Waals surface area contributed by atoms with Gasteiger partial charge < -0.3 is 9.84 Å². The van der Waals surface area contributed by atoms with Gasteiger partial charge in [0.2, 0.25) is 0 Å². The normalized spacial score (nSPS) is 10.6. The molecule has 1 aromatic rings. The third kappa shape index (κ3) is 3.00. The maximum Gasteiger partial charge on any atom is 0.307 e. The highest BCUT2D eigenvalue weighted by Gasteiger charge is 2.21. The number of halogens is 3. The summed E-state index contributed by atoms with van der Waals surface area (Å²) in [6.45, 7) is 0. The van der Waals surface area contributed by atoms with Gasteiger partial charge in [-0.1, -0.05) is 0 Å². The highest BCUT2D eigenvalue weighted by Crippen LogP contribution is 2.31. The van der Waals surface area contributed by atoms with Crippen LogP contribution in [0.5, 0.6) is 5.75 Å². The topological polar surface area (TPSA) is 59.4 Å². The number of carbonyl (C=O) groups is 1. The molecule has 0 aliphatic carbocycles. The van der Waals surface area contributed by atoms with Gasteiger partial charge in [0, 0.05) is 5.56 Å². The first-order valence-electron chi connectivity index (χ1n) is 4.19. The van der Waals surface area contributed by atoms with Crippen LogP contribution in [0.1, 0.15) is 17.7 Å². The molecule has 0 saturated heterocycles. The number of pyridine rings is 1. The molecule has 0 aromatic carbocycles. The highest BCUT2D eigenvalue weighted by atomic mass is 127. The maximum atomic E-state index is 12.6. The van der Waals surface area contributed by atoms with Crippen molar-refractivity contribution in [2.75, 3.05) is 7.11 Å². The molecule has 0 bridgehead atoms. The van der Waals surface area contributed by atoms with E-state index in [2.05, 4.69) is 4.98 Å². The van der Waals surface area contributed by atoms with E-state index < -0.39 is 18.1 Å². The number of carboxylic acid groups (broad SMARTS) is 1. The predicted octanol–water partition coefficient (Wildman–Crippen LogP) is 2.26. The second kappa shape index (κ2) is 5.37. The molecule has 0 atom stereocenters. The summed E-state index contributed by atoms with van der Waals surface area (Å²) in [5.74, 6) is -1.27. The molecule has 1 N–H and O–H groups in total. The molecule has 0 radical (unpaired) electrons. The molecule has 0 aliphatic heterocycles. The van der Waals surface area contributed by atoms with Crippen molar-refractivity contribution >= 4 is 28.6 Å². The van der Waals surface area contributed by atoms with Crippen LogP contribution in [0, 0.1) is 3.70 Å². The predicted molar refractivity (Wildman–Crippen MR) is 59.8 cm³/mol. The summed E-state index contributed by atoms with van der Waals surface area (Å²) in [5.41, 5.74) is -0.324. The number of aliphatic carboxylic acids is 1. The van der Waals surface area contributed by atoms with E-state index in [9.17, 15) is 13.6 Å². The van der Waals surface area contributed by atoms with Gasteiger partial charge in [-0.25, -0.2) is 13.8 Å². The number of aromatic nitrogens is 1. The molecule has 0 saturated carbocycles. The minimum Gasteiger partial charge on any atom is -0.494 e. The smallest absolute Gasteiger partial charge is 0.307 e. The van der Waals surface area contributed by atoms with Crippen LogP contribution in [-0.2, 0) is 11.2 Å². The Morgan fingerprint density at radius 3 is 2.75 bits per heavy atom. The van der Waals surface area contributed by atoms with Crippen molar-refractivity contribution in [3.05, 3.63) is 21.0 Å². The Morgan fingerprint density at radius 1 is 1.69 bits per heavy atom. The zero-order valence-electron chi connectivity index (χ0n) is 8.21. The Kier molecular flexibility index (Phi) is 4.39. The van der Waals surface area contributed by atoms with Crippen LogP contribution >= 0.6 is 22.6 Å². The van der Waals surface area contributed by atoms with Gasteiger partial charge >= 0.3 is 5.97 Å². The number of alkyl halides is 2. The van der Waals surface area contributed by atoms with Gasteiger partial charge in [0.05, 0.1) is 13.5 Å². The van der Waals surface area contributed by atoms with Crippen molar-refractivity contribution in [3.63, 3.8) is 0 Å². The summed E-state index contributed by atoms with van der Waals surface area (Å²) in [4.78, 5) is 14.2. The third-order valence-corrected chi connectivity index (χ3v) is 2.35. The minimum absolute atomic E-state index is 0.155. The first kappa shape index (κ1) is 13.1. The Labute approximate surface area is 104 Å². The summed E-state index contributed by atoms with van der Waals surface area (Å²) >= 11 is 1.75. The Morgan fingerprint density at radius 2 is 2.31 bits per heavy atom. The van der Waals surface area contributed by atoms with E-state index in [-0.39, 0.29) is 17.7 Å². The molecule has 1 heterocycles. The molecular formula is C9H8F2INO3. The van der Waals surface area contributed by atoms with Crippen molar-refractivity contribution in [1.29, 1.82) is 0 Å². The van der Waals surface area contributed by atoms with Crippen molar-refractivity contribution in [2.24, 2.45) is 0 Å². The summed E-state index contributed by atoms with van der Waals surface area (Å²) in [6.07, 6.45) is -3.17. The van der Waals surface area contributed by atoms with E-state index in [4.69, 9.17) is 9.84 Å². The van der Waals surface area contributed by atoms with Gasteiger partial charge in [0.15, 0.2) is 0 Å². The minimum atomic E-state index is -2.79. The summed E-state index contributed by atoms with van der Waals surface area (Å²) in [5, 5.41) is 8.64. The maximum absolute atomic E-state index is 12.6. The van der Waals surface area contributed by atoms with Crippen molar-refractivity contribution < 1.29 is 23.4 Å². The number of nitrogens with zero attached hydrogens (tertiary/aromatic N) is 1. The van der Waals surface area contributed by atoms with E-state index in [1.807, 2.05) is 0 Å². The fourth-order valence-corrected chi connectivity index (χ4v) is 1.89. The number of rotatable bonds is 4. The second-order valence-electron chi connectivity index (χ2n) is 2.89. The van der Waals surface area contributed by atoms with Crippen LogP contribution in [0.25, 0.3) is 0 Å². The summed E-state index contributed by atoms with van der Waals surface area (Å²) in [6, 6.07) is 1.42. The molecular weight excluding hydrogens is 335 g/mol. The van der Waals surface area contributed by atoms with Gasteiger partial charge in [-0.05, 0) is 28.7 Å². The van der Waals surface area contributed by atoms with E-state index in [0.29, 0.717) is 3.70 Å². The number of ether oxygens (including phenoxy) is 1. The van der Waals surface area contributed by atoms with Crippen LogP contribution in [0.3, 0.4) is 0 Å². The molecule has 1 aromatic heterocycles. The Hall–Kier alpha value is -0.990. The van der Waals surface area contributed by atoms with Crippen LogP contribution in [0.2, 0.25) is 0 Å². The number of hydrogen-bond acceptors (Lipinski definition) is 3. The number of methoxy groups -OCH3 is 1. The van der Waals surface area contributed by atoms with E-state index >= 15 is 0 Å². The largest absolute Gasteiger partial charge is 0.494 e. The quantitative estimate of drug-likeness (QED) is 0.673. The number of carboxylic acids is 1. The van der Waals surface area contributed by atoms with Crippen molar-refractivity contribution in [1.82, 2.24) is 4.98 Å². The highest BCUT2D eigenvalue weighted by molar-refractivity contribution is 14.1. The molecule has 0 spiro atoms. The Bertz CT molecular complexity index is 412. The van der Waals surface area contributed by atoms with E-state index in [1.165, 1.54) is 13.2 Å². The molecule has 16 heavy (non-hydrogen) atoms. The van der Waals surface area contributed by atoms with Crippen LogP contribution in [-0.4, -0.2) is 23.2 Å². The molecule has 7 heteroatoms. The van der Waals surface area contributed by atoms with Gasteiger partial charge in [0.25, 0.3) is 6.43 Å². The molecule has 0 aliphatic rings. The zero-order chi connectivity index (χ0) is 12.3. The van der Waals surface area contributed by atoms with Crippen molar-refractivity contribution in [2.45, 2.75) is 12.8 Å². The summed E-state index contributed by atoms with van der Waals surface area (Å²) in [7, 11) is 1.21. The molecule has 0 amide bonds. The summed E-state index contributed by atoms with van der Waals surface area (Å²) < 4.78 is 30.3. The van der Waals surface area contributed by atoms with E-state index in [0.717, 1.165) is 0 Å². The van der Waals surface area contributed by atoms with Gasteiger partial charge in [0.1, 0.15) is 15.1 Å². The lowest BCUT2D eigenvalue weighted by molar-refractivity contribution is -0.136. The van der Waals surface area contributed by atoms with E-state index in [1.54, 1.807) is 22.6 Å². The fraction of sp³-hybridized carbons (Fsp3) is 0.333. The molecule has 1 rings (SSSR count). The van der Waals surface area contributed by atoms with Crippen LogP contribution in [0.15, 0.2) is 6.07 Å². The monoisotopic (exact) mass is 343 g/mol. The van der Waals surface area contributed by atoms with Crippen LogP contribution in [0.4, 0.5) is 8.78 Å².